The molecule has 4 heterocycles. The van der Waals surface area contributed by atoms with Gasteiger partial charge in [0.15, 0.2) is 0 Å². The van der Waals surface area contributed by atoms with Gasteiger partial charge in [0.25, 0.3) is 0 Å². The number of aliphatic carboxylic acids is 1. The first-order valence-corrected chi connectivity index (χ1v) is 29.4. The van der Waals surface area contributed by atoms with E-state index in [4.69, 9.17) is 17.2 Å². The second-order valence-corrected chi connectivity index (χ2v) is 23.5. The van der Waals surface area contributed by atoms with Gasteiger partial charge < -0.3 is 79.3 Å². The number of carboxylic acids is 1. The van der Waals surface area contributed by atoms with Crippen LogP contribution in [0.4, 0.5) is 0 Å². The molecule has 16 N–H and O–H groups in total. The molecule has 0 radical (unpaired) electrons. The minimum atomic E-state index is -1.28. The normalized spacial score (nSPS) is 18.2. The molecule has 464 valence electrons. The maximum absolute atomic E-state index is 14.7. The fourth-order valence-electron chi connectivity index (χ4n) is 10.4. The summed E-state index contributed by atoms with van der Waals surface area (Å²) in [4.78, 5) is 156. The van der Waals surface area contributed by atoms with Crippen molar-refractivity contribution < 1.29 is 53.1 Å². The summed E-state index contributed by atoms with van der Waals surface area (Å²) in [6.45, 7) is 15.4. The summed E-state index contributed by atoms with van der Waals surface area (Å²) in [5.41, 5.74) is 18.7. The van der Waals surface area contributed by atoms with Gasteiger partial charge in [0.05, 0.1) is 18.7 Å². The van der Waals surface area contributed by atoms with Crippen LogP contribution in [0.15, 0.2) is 25.0 Å². The molecule has 2 saturated heterocycles. The van der Waals surface area contributed by atoms with Crippen LogP contribution in [-0.4, -0.2) is 181 Å². The zero-order valence-electron chi connectivity index (χ0n) is 49.7. The van der Waals surface area contributed by atoms with Crippen molar-refractivity contribution in [2.45, 2.75) is 206 Å². The quantitative estimate of drug-likeness (QED) is 0.0382. The molecule has 27 heteroatoms. The zero-order chi connectivity index (χ0) is 61.5. The number of H-pyrrole nitrogens is 2. The van der Waals surface area contributed by atoms with Gasteiger partial charge >= 0.3 is 5.97 Å². The van der Waals surface area contributed by atoms with Crippen LogP contribution < -0.4 is 54.4 Å². The second kappa shape index (κ2) is 33.9. The largest absolute Gasteiger partial charge is 0.480 e. The van der Waals surface area contributed by atoms with Crippen molar-refractivity contribution in [3.8, 4) is 0 Å². The second-order valence-electron chi connectivity index (χ2n) is 23.5. The number of carbonyl (C=O) groups excluding carboxylic acids is 9. The maximum atomic E-state index is 14.7. The summed E-state index contributed by atoms with van der Waals surface area (Å²) >= 11 is 0. The number of hydrogen-bond donors (Lipinski definition) is 13. The molecule has 0 saturated carbocycles. The molecular formula is C56H94N16O11. The number of aromatic amines is 2. The van der Waals surface area contributed by atoms with Gasteiger partial charge in [-0.1, -0.05) is 55.4 Å². The minimum absolute atomic E-state index is 0.0535. The number of carboxylic acid groups (broad SMARTS) is 1. The molecule has 0 unspecified atom stereocenters. The fourth-order valence-corrected chi connectivity index (χ4v) is 10.4. The lowest BCUT2D eigenvalue weighted by Gasteiger charge is -2.32. The van der Waals surface area contributed by atoms with Gasteiger partial charge in [-0.15, -0.1) is 0 Å². The van der Waals surface area contributed by atoms with Crippen LogP contribution in [0.25, 0.3) is 0 Å². The minimum Gasteiger partial charge on any atom is -0.480 e. The Bertz CT molecular complexity index is 2440. The number of carbonyl (C=O) groups is 10. The number of hydrogen-bond acceptors (Lipinski definition) is 15. The molecule has 83 heavy (non-hydrogen) atoms. The van der Waals surface area contributed by atoms with E-state index in [2.05, 4.69) is 57.2 Å². The van der Waals surface area contributed by atoms with Crippen molar-refractivity contribution in [2.24, 2.45) is 40.9 Å². The number of imidazole rings is 2. The third-order valence-electron chi connectivity index (χ3n) is 14.9. The van der Waals surface area contributed by atoms with Crippen molar-refractivity contribution in [1.82, 2.24) is 67.0 Å². The van der Waals surface area contributed by atoms with E-state index in [1.807, 2.05) is 27.7 Å². The Kier molecular flexibility index (Phi) is 28.0. The Hall–Kier alpha value is -7.00. The Morgan fingerprint density at radius 3 is 1.34 bits per heavy atom. The molecule has 27 nitrogen and oxygen atoms in total. The fraction of sp³-hybridized carbons (Fsp3) is 0.714. The maximum Gasteiger partial charge on any atom is 0.326 e. The van der Waals surface area contributed by atoms with Crippen LogP contribution in [0.5, 0.6) is 0 Å². The van der Waals surface area contributed by atoms with Gasteiger partial charge in [0.2, 0.25) is 53.2 Å². The predicted octanol–water partition coefficient (Wildman–Crippen LogP) is -0.632. The molecule has 0 spiro atoms. The summed E-state index contributed by atoms with van der Waals surface area (Å²) in [6.07, 6.45) is 9.91. The van der Waals surface area contributed by atoms with E-state index in [-0.39, 0.29) is 69.9 Å². The topological polar surface area (TPSA) is 417 Å². The smallest absolute Gasteiger partial charge is 0.326 e. The molecule has 2 aromatic rings. The van der Waals surface area contributed by atoms with Gasteiger partial charge in [-0.05, 0) is 114 Å². The molecule has 0 aromatic carbocycles. The van der Waals surface area contributed by atoms with Crippen LogP contribution >= 0.6 is 0 Å². The average Bonchev–Trinajstić information content (AvgIpc) is 4.35. The first kappa shape index (κ1) is 68.5. The molecule has 10 atom stereocenters. The number of likely N-dealkylation sites (tertiary alicyclic amines) is 2. The molecule has 2 aliphatic heterocycles. The van der Waals surface area contributed by atoms with Crippen molar-refractivity contribution in [3.05, 3.63) is 36.4 Å². The first-order chi connectivity index (χ1) is 39.4. The average molecular weight is 1170 g/mol. The number of amides is 9. The lowest BCUT2D eigenvalue weighted by molar-refractivity contribution is -0.144. The van der Waals surface area contributed by atoms with E-state index in [1.54, 1.807) is 27.7 Å². The number of aromatic nitrogens is 4. The lowest BCUT2D eigenvalue weighted by atomic mass is 9.99. The van der Waals surface area contributed by atoms with E-state index in [1.165, 1.54) is 34.8 Å². The van der Waals surface area contributed by atoms with Gasteiger partial charge in [-0.3, -0.25) is 43.2 Å². The monoisotopic (exact) mass is 1170 g/mol. The molecule has 2 fully saturated rings. The highest BCUT2D eigenvalue weighted by Crippen LogP contribution is 2.23. The molecule has 4 rings (SSSR count). The summed E-state index contributed by atoms with van der Waals surface area (Å²) in [5, 5.41) is 29.2. The third-order valence-corrected chi connectivity index (χ3v) is 14.9. The first-order valence-electron chi connectivity index (χ1n) is 29.4. The summed E-state index contributed by atoms with van der Waals surface area (Å²) < 4.78 is 0. The highest BCUT2D eigenvalue weighted by Gasteiger charge is 2.43. The molecule has 0 aliphatic carbocycles. The molecular weight excluding hydrogens is 1070 g/mol. The standard InChI is InChI=1S/C56H94N16O11/c1-31(2)23-37(59)47(73)67-41(25-35-27-60-29-62-35)54(80)71-21-13-17-43(71)50(76)69-45(33(5)6)52(78)64-38(15-9-11-19-57)48(74)66-40(24-32(3)4)49(75)68-42(26-36-28-61-30-63-36)55(81)72-22-14-18-44(72)51(77)70-46(34(7)8)53(79)65-39(56(82)83)16-10-12-20-58/h27-34,37-46H,9-26,57-59H2,1-8H3,(H,60,62)(H,61,63)(H,64,78)(H,65,79)(H,66,74)(H,67,73)(H,68,75)(H,69,76)(H,70,77)(H,82,83)/t37-,38-,39-,40-,41-,42-,43-,44-,45-,46-/m0/s1. The van der Waals surface area contributed by atoms with Crippen molar-refractivity contribution in [1.29, 1.82) is 0 Å². The Labute approximate surface area is 486 Å². The molecule has 9 amide bonds. The van der Waals surface area contributed by atoms with E-state index in [0.29, 0.717) is 69.4 Å². The number of nitrogens with zero attached hydrogens (tertiary/aromatic N) is 4. The van der Waals surface area contributed by atoms with Crippen LogP contribution in [0.3, 0.4) is 0 Å². The van der Waals surface area contributed by atoms with E-state index in [9.17, 15) is 53.1 Å². The number of unbranched alkanes of at least 4 members (excludes halogenated alkanes) is 2. The van der Waals surface area contributed by atoms with Gasteiger partial charge in [-0.2, -0.15) is 0 Å². The van der Waals surface area contributed by atoms with Crippen LogP contribution in [0.2, 0.25) is 0 Å². The van der Waals surface area contributed by atoms with E-state index in [0.717, 1.165) is 0 Å². The SMILES string of the molecule is CC(C)C[C@H](NC(=O)[C@H](CCCCN)NC(=O)[C@@H](NC(=O)[C@@H]1CCCN1C(=O)[C@H](Cc1cnc[nH]1)NC(=O)[C@@H](N)CC(C)C)C(C)C)C(=O)N[C@@H](Cc1cnc[nH]1)C(=O)N1CCC[C@H]1C(=O)N[C@H](C(=O)N[C@@H](CCCCN)C(=O)O)C(C)C. The third kappa shape index (κ3) is 21.3. The Balaban J connectivity index is 1.52. The van der Waals surface area contributed by atoms with Crippen LogP contribution in [0.1, 0.15) is 144 Å². The van der Waals surface area contributed by atoms with Crippen molar-refractivity contribution in [2.75, 3.05) is 26.2 Å². The Morgan fingerprint density at radius 1 is 0.542 bits per heavy atom. The highest BCUT2D eigenvalue weighted by atomic mass is 16.4. The van der Waals surface area contributed by atoms with Crippen molar-refractivity contribution in [3.63, 3.8) is 0 Å². The van der Waals surface area contributed by atoms with Crippen LogP contribution in [0, 0.1) is 23.7 Å². The molecule has 0 bridgehead atoms. The zero-order valence-corrected chi connectivity index (χ0v) is 49.7. The Morgan fingerprint density at radius 2 is 0.940 bits per heavy atom. The summed E-state index contributed by atoms with van der Waals surface area (Å²) in [6, 6.07) is -11.3. The predicted molar refractivity (Wildman–Crippen MR) is 308 cm³/mol. The van der Waals surface area contributed by atoms with Crippen LogP contribution in [-0.2, 0) is 60.8 Å². The lowest BCUT2D eigenvalue weighted by Crippen LogP contribution is -2.61. The highest BCUT2D eigenvalue weighted by molar-refractivity contribution is 5.99. The summed E-state index contributed by atoms with van der Waals surface area (Å²) in [7, 11) is 0. The van der Waals surface area contributed by atoms with E-state index >= 15 is 0 Å². The number of rotatable bonds is 35. The molecule has 2 aliphatic rings. The van der Waals surface area contributed by atoms with E-state index < -0.39 is 131 Å². The summed E-state index contributed by atoms with van der Waals surface area (Å²) in [5.74, 6) is -7.95. The van der Waals surface area contributed by atoms with Gasteiger partial charge in [0.1, 0.15) is 54.4 Å². The van der Waals surface area contributed by atoms with Crippen molar-refractivity contribution >= 4 is 59.1 Å². The molecule has 2 aromatic heterocycles. The van der Waals surface area contributed by atoms with Gasteiger partial charge in [0, 0.05) is 49.7 Å². The van der Waals surface area contributed by atoms with Gasteiger partial charge in [-0.25, -0.2) is 14.8 Å². The number of nitrogens with two attached hydrogens (primary N) is 3. The number of nitrogens with one attached hydrogen (secondary N) is 9.